The van der Waals surface area contributed by atoms with Crippen LogP contribution in [-0.2, 0) is 4.79 Å². The van der Waals surface area contributed by atoms with E-state index in [-0.39, 0.29) is 5.91 Å². The van der Waals surface area contributed by atoms with E-state index in [4.69, 9.17) is 4.74 Å². The van der Waals surface area contributed by atoms with Crippen LogP contribution in [0.4, 0.5) is 5.82 Å². The third-order valence-electron chi connectivity index (χ3n) is 2.02. The van der Waals surface area contributed by atoms with Crippen molar-refractivity contribution in [3.05, 3.63) is 18.3 Å². The summed E-state index contributed by atoms with van der Waals surface area (Å²) in [5.41, 5.74) is 0. The molecule has 1 heterocycles. The second kappa shape index (κ2) is 7.49. The van der Waals surface area contributed by atoms with E-state index in [1.54, 1.807) is 6.20 Å². The van der Waals surface area contributed by atoms with Crippen molar-refractivity contribution in [2.24, 2.45) is 0 Å². The van der Waals surface area contributed by atoms with Gasteiger partial charge in [-0.3, -0.25) is 4.79 Å². The number of ether oxygens (including phenoxy) is 1. The van der Waals surface area contributed by atoms with Gasteiger partial charge in [-0.05, 0) is 18.6 Å². The van der Waals surface area contributed by atoms with E-state index in [0.29, 0.717) is 25.5 Å². The Morgan fingerprint density at radius 3 is 3.00 bits per heavy atom. The summed E-state index contributed by atoms with van der Waals surface area (Å²) in [6.45, 7) is 5.42. The summed E-state index contributed by atoms with van der Waals surface area (Å²) in [6.07, 6.45) is 2.67. The largest absolute Gasteiger partial charge is 0.490 e. The number of nitrogens with zero attached hydrogens (tertiary/aromatic N) is 1. The summed E-state index contributed by atoms with van der Waals surface area (Å²) in [7, 11) is 0. The molecule has 5 nitrogen and oxygen atoms in total. The van der Waals surface area contributed by atoms with Crippen LogP contribution in [0.25, 0.3) is 0 Å². The number of amides is 1. The minimum Gasteiger partial charge on any atom is -0.490 e. The Kier molecular flexibility index (Phi) is 5.85. The first kappa shape index (κ1) is 13.3. The van der Waals surface area contributed by atoms with E-state index in [0.717, 1.165) is 12.2 Å². The molecule has 0 aromatic carbocycles. The highest BCUT2D eigenvalue weighted by Gasteiger charge is 2.02. The van der Waals surface area contributed by atoms with Gasteiger partial charge >= 0.3 is 0 Å². The van der Waals surface area contributed by atoms with Crippen molar-refractivity contribution in [2.75, 3.05) is 25.0 Å². The lowest BCUT2D eigenvalue weighted by molar-refractivity contribution is -0.118. The maximum atomic E-state index is 10.7. The number of nitrogens with one attached hydrogen (secondary N) is 2. The summed E-state index contributed by atoms with van der Waals surface area (Å²) >= 11 is 0. The smallest absolute Gasteiger partial charge is 0.216 e. The summed E-state index contributed by atoms with van der Waals surface area (Å²) in [5, 5.41) is 5.84. The van der Waals surface area contributed by atoms with Crippen LogP contribution in [0.5, 0.6) is 5.75 Å². The zero-order chi connectivity index (χ0) is 12.5. The van der Waals surface area contributed by atoms with Crippen molar-refractivity contribution in [3.63, 3.8) is 0 Å². The first-order valence-electron chi connectivity index (χ1n) is 5.80. The number of anilines is 1. The molecule has 1 amide bonds. The lowest BCUT2D eigenvalue weighted by Crippen LogP contribution is -2.26. The summed E-state index contributed by atoms with van der Waals surface area (Å²) in [4.78, 5) is 14.9. The topological polar surface area (TPSA) is 63.2 Å². The van der Waals surface area contributed by atoms with Crippen LogP contribution in [-0.4, -0.2) is 30.6 Å². The maximum Gasteiger partial charge on any atom is 0.216 e. The molecule has 0 bridgehead atoms. The number of rotatable bonds is 7. The number of hydrogen-bond donors (Lipinski definition) is 2. The third-order valence-corrected chi connectivity index (χ3v) is 2.02. The van der Waals surface area contributed by atoms with Gasteiger partial charge in [-0.2, -0.15) is 0 Å². The molecule has 0 radical (unpaired) electrons. The average molecular weight is 237 g/mol. The first-order valence-corrected chi connectivity index (χ1v) is 5.80. The zero-order valence-corrected chi connectivity index (χ0v) is 10.3. The molecule has 0 aliphatic heterocycles. The molecule has 0 spiro atoms. The van der Waals surface area contributed by atoms with Crippen LogP contribution < -0.4 is 15.4 Å². The van der Waals surface area contributed by atoms with Crippen LogP contribution in [0.1, 0.15) is 20.3 Å². The Morgan fingerprint density at radius 1 is 1.47 bits per heavy atom. The van der Waals surface area contributed by atoms with Gasteiger partial charge < -0.3 is 15.4 Å². The Bertz CT molecular complexity index is 355. The Balaban J connectivity index is 2.43. The molecule has 0 aliphatic carbocycles. The molecule has 0 atom stereocenters. The minimum atomic E-state index is -0.0322. The van der Waals surface area contributed by atoms with Crippen molar-refractivity contribution in [3.8, 4) is 5.75 Å². The van der Waals surface area contributed by atoms with Gasteiger partial charge in [-0.25, -0.2) is 4.98 Å². The van der Waals surface area contributed by atoms with E-state index in [1.165, 1.54) is 6.92 Å². The lowest BCUT2D eigenvalue weighted by atomic mass is 10.4. The summed E-state index contributed by atoms with van der Waals surface area (Å²) in [5.74, 6) is 1.43. The van der Waals surface area contributed by atoms with Gasteiger partial charge in [0.1, 0.15) is 0 Å². The number of aromatic nitrogens is 1. The Hall–Kier alpha value is -1.78. The predicted molar refractivity (Wildman–Crippen MR) is 67.2 cm³/mol. The molecular weight excluding hydrogens is 218 g/mol. The van der Waals surface area contributed by atoms with Crippen molar-refractivity contribution in [2.45, 2.75) is 20.3 Å². The van der Waals surface area contributed by atoms with E-state index < -0.39 is 0 Å². The highest BCUT2D eigenvalue weighted by atomic mass is 16.5. The molecule has 0 unspecified atom stereocenters. The molecule has 5 heteroatoms. The predicted octanol–water partition coefficient (Wildman–Crippen LogP) is 1.42. The fourth-order valence-corrected chi connectivity index (χ4v) is 1.27. The third kappa shape index (κ3) is 5.19. The van der Waals surface area contributed by atoms with Gasteiger partial charge in [-0.15, -0.1) is 0 Å². The molecule has 94 valence electrons. The van der Waals surface area contributed by atoms with Gasteiger partial charge in [0.05, 0.1) is 6.61 Å². The maximum absolute atomic E-state index is 10.7. The SMILES string of the molecule is CCCOc1cccnc1NCCNC(C)=O. The van der Waals surface area contributed by atoms with Crippen molar-refractivity contribution in [1.29, 1.82) is 0 Å². The van der Waals surface area contributed by atoms with Crippen molar-refractivity contribution < 1.29 is 9.53 Å². The molecule has 0 saturated heterocycles. The summed E-state index contributed by atoms with van der Waals surface area (Å²) in [6, 6.07) is 3.72. The molecular formula is C12H19N3O2. The molecule has 1 rings (SSSR count). The average Bonchev–Trinajstić information content (AvgIpc) is 2.33. The minimum absolute atomic E-state index is 0.0322. The van der Waals surface area contributed by atoms with E-state index in [1.807, 2.05) is 12.1 Å². The summed E-state index contributed by atoms with van der Waals surface area (Å²) < 4.78 is 5.55. The number of carbonyl (C=O) groups is 1. The monoisotopic (exact) mass is 237 g/mol. The standard InChI is InChI=1S/C12H19N3O2/c1-3-9-17-11-5-4-6-14-12(11)15-8-7-13-10(2)16/h4-6H,3,7-9H2,1-2H3,(H,13,16)(H,14,15). The lowest BCUT2D eigenvalue weighted by Gasteiger charge is -2.11. The zero-order valence-electron chi connectivity index (χ0n) is 10.3. The first-order chi connectivity index (χ1) is 8.24. The molecule has 1 aromatic rings. The molecule has 0 aliphatic rings. The van der Waals surface area contributed by atoms with Crippen LogP contribution >= 0.6 is 0 Å². The quantitative estimate of drug-likeness (QED) is 0.704. The van der Waals surface area contributed by atoms with E-state index in [2.05, 4.69) is 22.5 Å². The van der Waals surface area contributed by atoms with E-state index in [9.17, 15) is 4.79 Å². The highest BCUT2D eigenvalue weighted by molar-refractivity contribution is 5.72. The van der Waals surface area contributed by atoms with Crippen LogP contribution in [0.2, 0.25) is 0 Å². The van der Waals surface area contributed by atoms with Crippen LogP contribution in [0.15, 0.2) is 18.3 Å². The molecule has 2 N–H and O–H groups in total. The van der Waals surface area contributed by atoms with Gasteiger partial charge in [0.25, 0.3) is 0 Å². The fraction of sp³-hybridized carbons (Fsp3) is 0.500. The van der Waals surface area contributed by atoms with E-state index >= 15 is 0 Å². The highest BCUT2D eigenvalue weighted by Crippen LogP contribution is 2.20. The van der Waals surface area contributed by atoms with Crippen LogP contribution in [0, 0.1) is 0 Å². The number of hydrogen-bond acceptors (Lipinski definition) is 4. The van der Waals surface area contributed by atoms with Gasteiger partial charge in [0.2, 0.25) is 5.91 Å². The molecule has 17 heavy (non-hydrogen) atoms. The van der Waals surface area contributed by atoms with Crippen molar-refractivity contribution in [1.82, 2.24) is 10.3 Å². The Morgan fingerprint density at radius 2 is 2.29 bits per heavy atom. The fourth-order valence-electron chi connectivity index (χ4n) is 1.27. The second-order valence-corrected chi connectivity index (χ2v) is 3.61. The molecule has 1 aromatic heterocycles. The number of pyridine rings is 1. The molecule has 0 fully saturated rings. The number of carbonyl (C=O) groups excluding carboxylic acids is 1. The van der Waals surface area contributed by atoms with Gasteiger partial charge in [0.15, 0.2) is 11.6 Å². The second-order valence-electron chi connectivity index (χ2n) is 3.61. The molecule has 0 saturated carbocycles. The normalized spacial score (nSPS) is 9.76. The Labute approximate surface area is 102 Å². The van der Waals surface area contributed by atoms with Crippen LogP contribution in [0.3, 0.4) is 0 Å². The van der Waals surface area contributed by atoms with Gasteiger partial charge in [0, 0.05) is 26.2 Å². The van der Waals surface area contributed by atoms with Gasteiger partial charge in [-0.1, -0.05) is 6.92 Å². The van der Waals surface area contributed by atoms with Crippen molar-refractivity contribution >= 4 is 11.7 Å².